The molecule has 0 aromatic carbocycles. The summed E-state index contributed by atoms with van der Waals surface area (Å²) in [5.74, 6) is 0.275. The lowest BCUT2D eigenvalue weighted by Gasteiger charge is -2.43. The number of nitrogens with zero attached hydrogens (tertiary/aromatic N) is 1. The Labute approximate surface area is 143 Å². The molecular formula is C19H28N2O3. The lowest BCUT2D eigenvalue weighted by atomic mass is 9.68. The van der Waals surface area contributed by atoms with Gasteiger partial charge >= 0.3 is 0 Å². The van der Waals surface area contributed by atoms with Gasteiger partial charge in [-0.15, -0.1) is 0 Å². The maximum absolute atomic E-state index is 12.5. The van der Waals surface area contributed by atoms with Gasteiger partial charge in [-0.25, -0.2) is 0 Å². The number of ether oxygens (including phenoxy) is 1. The molecule has 0 aromatic rings. The van der Waals surface area contributed by atoms with E-state index in [1.807, 2.05) is 6.92 Å². The Kier molecular flexibility index (Phi) is 4.06. The van der Waals surface area contributed by atoms with E-state index in [9.17, 15) is 9.90 Å². The van der Waals surface area contributed by atoms with Gasteiger partial charge in [-0.2, -0.15) is 0 Å². The quantitative estimate of drug-likeness (QED) is 0.813. The first kappa shape index (κ1) is 16.3. The molecule has 5 nitrogen and oxygen atoms in total. The SMILES string of the molecule is CC1=C2COC=C2CC(=O)C1[C@@H](O)CN1CCC(C2(N)CCC2)C1. The number of rotatable bonds is 4. The third-order valence-electron chi connectivity index (χ3n) is 6.69. The smallest absolute Gasteiger partial charge is 0.147 e. The molecule has 2 heterocycles. The predicted octanol–water partition coefficient (Wildman–Crippen LogP) is 1.37. The van der Waals surface area contributed by atoms with Crippen molar-refractivity contribution in [1.82, 2.24) is 4.90 Å². The normalized spacial score (nSPS) is 33.8. The van der Waals surface area contributed by atoms with Crippen LogP contribution in [0.4, 0.5) is 0 Å². The van der Waals surface area contributed by atoms with Crippen molar-refractivity contribution in [1.29, 1.82) is 0 Å². The molecule has 2 fully saturated rings. The van der Waals surface area contributed by atoms with Gasteiger partial charge in [-0.1, -0.05) is 5.57 Å². The van der Waals surface area contributed by atoms with Crippen LogP contribution in [-0.4, -0.2) is 53.7 Å². The van der Waals surface area contributed by atoms with Crippen LogP contribution in [0.2, 0.25) is 0 Å². The maximum atomic E-state index is 12.5. The van der Waals surface area contributed by atoms with Crippen LogP contribution in [-0.2, 0) is 9.53 Å². The van der Waals surface area contributed by atoms with Gasteiger partial charge in [-0.05, 0) is 50.6 Å². The molecule has 132 valence electrons. The molecule has 0 amide bonds. The van der Waals surface area contributed by atoms with E-state index in [0.29, 0.717) is 25.5 Å². The van der Waals surface area contributed by atoms with Crippen LogP contribution in [0.15, 0.2) is 23.0 Å². The maximum Gasteiger partial charge on any atom is 0.147 e. The first-order valence-electron chi connectivity index (χ1n) is 9.20. The number of nitrogens with two attached hydrogens (primary N) is 1. The Bertz CT molecular complexity index is 606. The molecule has 2 aliphatic heterocycles. The average molecular weight is 332 g/mol. The molecule has 3 atom stereocenters. The summed E-state index contributed by atoms with van der Waals surface area (Å²) in [6, 6.07) is 0. The van der Waals surface area contributed by atoms with Gasteiger partial charge in [0.2, 0.25) is 0 Å². The van der Waals surface area contributed by atoms with E-state index in [1.54, 1.807) is 6.26 Å². The summed E-state index contributed by atoms with van der Waals surface area (Å²) in [7, 11) is 0. The largest absolute Gasteiger partial charge is 0.496 e. The summed E-state index contributed by atoms with van der Waals surface area (Å²) in [5.41, 5.74) is 9.61. The number of Topliss-reactive ketones (excluding diaryl/α,β-unsaturated/α-hetero) is 1. The highest BCUT2D eigenvalue weighted by atomic mass is 16.5. The minimum atomic E-state index is -0.638. The van der Waals surface area contributed by atoms with E-state index in [4.69, 9.17) is 10.5 Å². The number of aliphatic hydroxyl groups excluding tert-OH is 1. The number of β-amino-alcohol motifs (C(OH)–C–C–N with tert-alkyl or cyclic N) is 1. The third-order valence-corrected chi connectivity index (χ3v) is 6.69. The molecular weight excluding hydrogens is 304 g/mol. The molecule has 5 heteroatoms. The van der Waals surface area contributed by atoms with Crippen molar-refractivity contribution in [3.05, 3.63) is 23.0 Å². The molecule has 0 bridgehead atoms. The van der Waals surface area contributed by atoms with Gasteiger partial charge in [0.15, 0.2) is 0 Å². The summed E-state index contributed by atoms with van der Waals surface area (Å²) in [6.45, 7) is 5.01. The van der Waals surface area contributed by atoms with E-state index in [-0.39, 0.29) is 17.2 Å². The second kappa shape index (κ2) is 5.97. The van der Waals surface area contributed by atoms with Crippen LogP contribution < -0.4 is 5.73 Å². The van der Waals surface area contributed by atoms with Crippen molar-refractivity contribution in [2.45, 2.75) is 50.7 Å². The van der Waals surface area contributed by atoms with Gasteiger partial charge < -0.3 is 20.5 Å². The number of hydrogen-bond donors (Lipinski definition) is 2. The fourth-order valence-corrected chi connectivity index (χ4v) is 4.97. The van der Waals surface area contributed by atoms with Crippen molar-refractivity contribution in [2.24, 2.45) is 17.6 Å². The first-order chi connectivity index (χ1) is 11.5. The minimum Gasteiger partial charge on any atom is -0.496 e. The van der Waals surface area contributed by atoms with Gasteiger partial charge in [0.25, 0.3) is 0 Å². The average Bonchev–Trinajstić information content (AvgIpc) is 3.14. The van der Waals surface area contributed by atoms with Crippen molar-refractivity contribution in [3.63, 3.8) is 0 Å². The lowest BCUT2D eigenvalue weighted by molar-refractivity contribution is -0.124. The zero-order chi connectivity index (χ0) is 16.9. The van der Waals surface area contributed by atoms with Crippen LogP contribution in [0.5, 0.6) is 0 Å². The minimum absolute atomic E-state index is 0.0269. The second-order valence-corrected chi connectivity index (χ2v) is 8.14. The van der Waals surface area contributed by atoms with E-state index in [0.717, 1.165) is 49.1 Å². The Morgan fingerprint density at radius 3 is 3.00 bits per heavy atom. The van der Waals surface area contributed by atoms with E-state index in [2.05, 4.69) is 4.90 Å². The summed E-state index contributed by atoms with van der Waals surface area (Å²) in [5, 5.41) is 10.8. The molecule has 4 aliphatic rings. The fourth-order valence-electron chi connectivity index (χ4n) is 4.97. The standard InChI is InChI=1S/C19H28N2O3/c1-12-15-11-24-10-13(15)7-16(22)18(12)17(23)9-21-6-3-14(8-21)19(20)4-2-5-19/h10,14,17-18,23H,2-9,11,20H2,1H3/t14?,17-,18?/m0/s1. The molecule has 4 rings (SSSR count). The summed E-state index contributed by atoms with van der Waals surface area (Å²) >= 11 is 0. The Balaban J connectivity index is 1.41. The van der Waals surface area contributed by atoms with Gasteiger partial charge in [0.05, 0.1) is 18.3 Å². The molecule has 3 N–H and O–H groups in total. The molecule has 1 saturated carbocycles. The number of ketones is 1. The van der Waals surface area contributed by atoms with Crippen LogP contribution in [0.25, 0.3) is 0 Å². The number of hydrogen-bond acceptors (Lipinski definition) is 5. The Morgan fingerprint density at radius 1 is 1.50 bits per heavy atom. The predicted molar refractivity (Wildman–Crippen MR) is 91.2 cm³/mol. The molecule has 1 saturated heterocycles. The number of aliphatic hydroxyl groups is 1. The topological polar surface area (TPSA) is 75.8 Å². The van der Waals surface area contributed by atoms with Crippen molar-refractivity contribution < 1.29 is 14.6 Å². The Morgan fingerprint density at radius 2 is 2.29 bits per heavy atom. The van der Waals surface area contributed by atoms with Crippen LogP contribution in [0.1, 0.15) is 39.0 Å². The first-order valence-corrected chi connectivity index (χ1v) is 9.20. The zero-order valence-electron chi connectivity index (χ0n) is 14.5. The van der Waals surface area contributed by atoms with Crippen LogP contribution in [0, 0.1) is 11.8 Å². The summed E-state index contributed by atoms with van der Waals surface area (Å²) in [4.78, 5) is 14.8. The van der Waals surface area contributed by atoms with Crippen molar-refractivity contribution in [3.8, 4) is 0 Å². The monoisotopic (exact) mass is 332 g/mol. The third kappa shape index (κ3) is 2.63. The van der Waals surface area contributed by atoms with Crippen molar-refractivity contribution >= 4 is 5.78 Å². The Hall–Kier alpha value is -1.17. The summed E-state index contributed by atoms with van der Waals surface area (Å²) < 4.78 is 5.36. The molecule has 0 aromatic heterocycles. The molecule has 24 heavy (non-hydrogen) atoms. The van der Waals surface area contributed by atoms with E-state index in [1.165, 1.54) is 6.42 Å². The van der Waals surface area contributed by atoms with E-state index < -0.39 is 6.10 Å². The molecule has 2 aliphatic carbocycles. The zero-order valence-corrected chi connectivity index (χ0v) is 14.5. The lowest BCUT2D eigenvalue weighted by Crippen LogP contribution is -2.53. The number of carbonyl (C=O) groups is 1. The molecule has 0 radical (unpaired) electrons. The number of carbonyl (C=O) groups excluding carboxylic acids is 1. The van der Waals surface area contributed by atoms with Gasteiger partial charge in [0, 0.05) is 30.6 Å². The molecule has 0 spiro atoms. The van der Waals surface area contributed by atoms with Gasteiger partial charge in [0.1, 0.15) is 12.4 Å². The second-order valence-electron chi connectivity index (χ2n) is 8.14. The highest BCUT2D eigenvalue weighted by molar-refractivity contribution is 5.90. The molecule has 2 unspecified atom stereocenters. The highest BCUT2D eigenvalue weighted by Crippen LogP contribution is 2.41. The number of fused-ring (bicyclic) bond motifs is 1. The fraction of sp³-hybridized carbons (Fsp3) is 0.737. The highest BCUT2D eigenvalue weighted by Gasteiger charge is 2.44. The van der Waals surface area contributed by atoms with Crippen LogP contribution >= 0.6 is 0 Å². The number of likely N-dealkylation sites (tertiary alicyclic amines) is 1. The van der Waals surface area contributed by atoms with Crippen molar-refractivity contribution in [2.75, 3.05) is 26.2 Å². The summed E-state index contributed by atoms with van der Waals surface area (Å²) in [6.07, 6.45) is 6.08. The van der Waals surface area contributed by atoms with Gasteiger partial charge in [-0.3, -0.25) is 4.79 Å². The van der Waals surface area contributed by atoms with E-state index >= 15 is 0 Å². The van der Waals surface area contributed by atoms with Crippen LogP contribution in [0.3, 0.4) is 0 Å².